The minimum absolute atomic E-state index is 0.117. The van der Waals surface area contributed by atoms with Crippen molar-refractivity contribution in [3.8, 4) is 5.75 Å². The fourth-order valence-corrected chi connectivity index (χ4v) is 8.15. The number of hydrogen-bond donors (Lipinski definition) is 2. The first-order valence-electron chi connectivity index (χ1n) is 14.2. The van der Waals surface area contributed by atoms with Gasteiger partial charge in [-0.1, -0.05) is 42.8 Å². The third kappa shape index (κ3) is 2.96. The van der Waals surface area contributed by atoms with Crippen LogP contribution in [0.3, 0.4) is 0 Å². The fraction of sp³-hybridized carbons (Fsp3) is 0.364. The lowest BCUT2D eigenvalue weighted by atomic mass is 9.57. The van der Waals surface area contributed by atoms with Crippen molar-refractivity contribution in [1.82, 2.24) is 4.90 Å². The summed E-state index contributed by atoms with van der Waals surface area (Å²) in [6.45, 7) is 7.28. The molecule has 2 spiro atoms. The lowest BCUT2D eigenvalue weighted by Crippen LogP contribution is -2.62. The first-order chi connectivity index (χ1) is 19.3. The summed E-state index contributed by atoms with van der Waals surface area (Å²) >= 11 is 0. The summed E-state index contributed by atoms with van der Waals surface area (Å²) in [6.07, 6.45) is 2.48. The summed E-state index contributed by atoms with van der Waals surface area (Å²) < 4.78 is 5.76. The molecule has 0 radical (unpaired) electrons. The molecule has 2 amide bonds. The fourth-order valence-electron chi connectivity index (χ4n) is 8.15. The molecular weight excluding hydrogens is 502 g/mol. The number of carbonyl (C=O) groups excluding carboxylic acids is 3. The number of benzene rings is 3. The van der Waals surface area contributed by atoms with Gasteiger partial charge in [-0.2, -0.15) is 0 Å². The van der Waals surface area contributed by atoms with Crippen molar-refractivity contribution in [2.45, 2.75) is 57.0 Å². The molecule has 2 N–H and O–H groups in total. The lowest BCUT2D eigenvalue weighted by molar-refractivity contribution is -0.137. The third-order valence-electron chi connectivity index (χ3n) is 9.44. The summed E-state index contributed by atoms with van der Waals surface area (Å²) in [5.41, 5.74) is 2.65. The van der Waals surface area contributed by atoms with Gasteiger partial charge in [-0.3, -0.25) is 19.3 Å². The van der Waals surface area contributed by atoms with Crippen LogP contribution in [0.1, 0.15) is 58.8 Å². The number of rotatable bonds is 5. The van der Waals surface area contributed by atoms with E-state index in [-0.39, 0.29) is 23.6 Å². The van der Waals surface area contributed by atoms with E-state index in [2.05, 4.69) is 21.6 Å². The van der Waals surface area contributed by atoms with Crippen molar-refractivity contribution >= 4 is 29.0 Å². The Morgan fingerprint density at radius 2 is 1.77 bits per heavy atom. The number of carbonyl (C=O) groups is 3. The number of aryl methyl sites for hydroxylation is 2. The van der Waals surface area contributed by atoms with Crippen molar-refractivity contribution in [1.29, 1.82) is 0 Å². The highest BCUT2D eigenvalue weighted by molar-refractivity contribution is 6.21. The molecule has 4 atom stereocenters. The lowest BCUT2D eigenvalue weighted by Gasteiger charge is -2.43. The molecule has 7 rings (SSSR count). The van der Waals surface area contributed by atoms with Crippen molar-refractivity contribution in [3.05, 3.63) is 88.5 Å². The van der Waals surface area contributed by atoms with E-state index in [4.69, 9.17) is 4.74 Å². The molecule has 0 bridgehead atoms. The highest BCUT2D eigenvalue weighted by atomic mass is 16.5. The van der Waals surface area contributed by atoms with Crippen LogP contribution in [0, 0.1) is 19.8 Å². The number of amides is 2. The minimum Gasteiger partial charge on any atom is -0.494 e. The molecule has 2 saturated heterocycles. The zero-order valence-corrected chi connectivity index (χ0v) is 23.0. The average Bonchev–Trinajstić information content (AvgIpc) is 3.67. The summed E-state index contributed by atoms with van der Waals surface area (Å²) in [4.78, 5) is 46.1. The van der Waals surface area contributed by atoms with Gasteiger partial charge in [-0.05, 0) is 81.1 Å². The largest absolute Gasteiger partial charge is 0.494 e. The van der Waals surface area contributed by atoms with Crippen LogP contribution in [0.4, 0.5) is 11.4 Å². The number of hydrogen-bond acceptors (Lipinski definition) is 5. The Bertz CT molecular complexity index is 1580. The number of para-hydroxylation sites is 1. The summed E-state index contributed by atoms with van der Waals surface area (Å²) in [6, 6.07) is 18.6. The van der Waals surface area contributed by atoms with E-state index in [1.165, 1.54) is 0 Å². The van der Waals surface area contributed by atoms with Gasteiger partial charge in [0.05, 0.1) is 12.5 Å². The number of nitrogens with one attached hydrogen (secondary N) is 2. The Balaban J connectivity index is 1.50. The van der Waals surface area contributed by atoms with Crippen LogP contribution in [-0.2, 0) is 20.5 Å². The van der Waals surface area contributed by atoms with Crippen molar-refractivity contribution in [3.63, 3.8) is 0 Å². The molecule has 4 aliphatic rings. The van der Waals surface area contributed by atoms with Crippen LogP contribution < -0.4 is 15.4 Å². The van der Waals surface area contributed by atoms with Crippen LogP contribution >= 0.6 is 0 Å². The van der Waals surface area contributed by atoms with Gasteiger partial charge < -0.3 is 15.4 Å². The first kappa shape index (κ1) is 25.0. The number of ketones is 1. The van der Waals surface area contributed by atoms with E-state index >= 15 is 0 Å². The molecule has 0 aromatic heterocycles. The van der Waals surface area contributed by atoms with Crippen LogP contribution in [0.5, 0.6) is 5.75 Å². The first-order valence-corrected chi connectivity index (χ1v) is 14.2. The quantitative estimate of drug-likeness (QED) is 0.444. The van der Waals surface area contributed by atoms with Crippen LogP contribution in [0.2, 0.25) is 0 Å². The van der Waals surface area contributed by atoms with Gasteiger partial charge in [0.15, 0.2) is 5.78 Å². The normalized spacial score (nSPS) is 28.0. The van der Waals surface area contributed by atoms with Crippen molar-refractivity contribution in [2.24, 2.45) is 5.92 Å². The zero-order chi connectivity index (χ0) is 27.8. The maximum Gasteiger partial charge on any atom is 0.251 e. The van der Waals surface area contributed by atoms with E-state index in [1.54, 1.807) is 12.1 Å². The van der Waals surface area contributed by atoms with Crippen LogP contribution in [0.15, 0.2) is 60.7 Å². The average molecular weight is 536 g/mol. The van der Waals surface area contributed by atoms with Crippen molar-refractivity contribution in [2.75, 3.05) is 23.8 Å². The van der Waals surface area contributed by atoms with Gasteiger partial charge in [-0.25, -0.2) is 0 Å². The third-order valence-corrected chi connectivity index (χ3v) is 9.44. The minimum atomic E-state index is -1.43. The number of Topliss-reactive ketones (excluding diaryl/α,β-unsaturated/α-hetero) is 1. The molecule has 2 fully saturated rings. The molecule has 0 aliphatic carbocycles. The Kier molecular flexibility index (Phi) is 5.48. The van der Waals surface area contributed by atoms with Gasteiger partial charge in [-0.15, -0.1) is 0 Å². The van der Waals surface area contributed by atoms with Crippen molar-refractivity contribution < 1.29 is 19.1 Å². The van der Waals surface area contributed by atoms with E-state index in [1.807, 2.05) is 63.2 Å². The second-order valence-corrected chi connectivity index (χ2v) is 11.6. The molecule has 3 aromatic carbocycles. The topological polar surface area (TPSA) is 87.7 Å². The molecule has 0 saturated carbocycles. The second-order valence-electron chi connectivity index (χ2n) is 11.6. The standard InChI is InChI=1S/C33H33N3O4/c1-4-16-40-22-13-11-21(12-14-22)29(37)27-26-10-7-15-36(26)33(24-18-19(2)17-20(3)28(24)35-31(33)39)32(27)23-8-5-6-9-25(23)34-30(32)38/h5-6,8-9,11-14,17-18,26-27H,4,7,10,15-16H2,1-3H3,(H,34,38)(H,35,39). The molecule has 7 heteroatoms. The molecule has 7 nitrogen and oxygen atoms in total. The van der Waals surface area contributed by atoms with E-state index < -0.39 is 16.9 Å². The number of nitrogens with zero attached hydrogens (tertiary/aromatic N) is 1. The Labute approximate surface area is 233 Å². The monoisotopic (exact) mass is 535 g/mol. The van der Waals surface area contributed by atoms with Gasteiger partial charge in [0, 0.05) is 28.5 Å². The molecule has 204 valence electrons. The van der Waals surface area contributed by atoms with E-state index in [0.29, 0.717) is 30.2 Å². The van der Waals surface area contributed by atoms with Gasteiger partial charge in [0.2, 0.25) is 5.91 Å². The SMILES string of the molecule is CCCOc1ccc(C(=O)C2C3CCCN3C3(C(=O)Nc4c(C)cc(C)cc43)C23C(=O)Nc2ccccc23)cc1. The summed E-state index contributed by atoms with van der Waals surface area (Å²) in [5, 5.41) is 6.28. The van der Waals surface area contributed by atoms with E-state index in [9.17, 15) is 14.4 Å². The number of fused-ring (bicyclic) bond motifs is 7. The Morgan fingerprint density at radius 1 is 1.00 bits per heavy atom. The molecular formula is C33H33N3O4. The zero-order valence-electron chi connectivity index (χ0n) is 23.0. The molecule has 3 aromatic rings. The molecule has 4 aliphatic heterocycles. The van der Waals surface area contributed by atoms with Gasteiger partial charge >= 0.3 is 0 Å². The number of anilines is 2. The second kappa shape index (κ2) is 8.77. The Hall–Kier alpha value is -3.97. The predicted octanol–water partition coefficient (Wildman–Crippen LogP) is 5.11. The highest BCUT2D eigenvalue weighted by Crippen LogP contribution is 2.68. The predicted molar refractivity (Wildman–Crippen MR) is 153 cm³/mol. The Morgan fingerprint density at radius 3 is 2.55 bits per heavy atom. The smallest absolute Gasteiger partial charge is 0.251 e. The number of ether oxygens (including phenoxy) is 1. The van der Waals surface area contributed by atoms with E-state index in [0.717, 1.165) is 47.2 Å². The molecule has 4 unspecified atom stereocenters. The highest BCUT2D eigenvalue weighted by Gasteiger charge is 2.81. The van der Waals surface area contributed by atoms with Gasteiger partial charge in [0.1, 0.15) is 16.7 Å². The molecule has 4 heterocycles. The maximum atomic E-state index is 14.7. The summed E-state index contributed by atoms with van der Waals surface area (Å²) in [5.74, 6) is -0.676. The summed E-state index contributed by atoms with van der Waals surface area (Å²) in [7, 11) is 0. The maximum absolute atomic E-state index is 14.7. The van der Waals surface area contributed by atoms with Crippen LogP contribution in [0.25, 0.3) is 0 Å². The molecule has 40 heavy (non-hydrogen) atoms. The van der Waals surface area contributed by atoms with Gasteiger partial charge in [0.25, 0.3) is 5.91 Å². The van der Waals surface area contributed by atoms with Crippen LogP contribution in [-0.4, -0.2) is 41.7 Å².